The van der Waals surface area contributed by atoms with Gasteiger partial charge in [0, 0.05) is 44.8 Å². The summed E-state index contributed by atoms with van der Waals surface area (Å²) in [6.07, 6.45) is 1.73. The van der Waals surface area contributed by atoms with Gasteiger partial charge in [0.1, 0.15) is 0 Å². The van der Waals surface area contributed by atoms with Gasteiger partial charge in [-0.3, -0.25) is 5.43 Å². The Balaban J connectivity index is 1.71. The number of aromatic nitrogens is 1. The lowest BCUT2D eigenvalue weighted by atomic mass is 10.2. The third-order valence-electron chi connectivity index (χ3n) is 4.20. The number of rotatable bonds is 7. The summed E-state index contributed by atoms with van der Waals surface area (Å²) in [6.45, 7) is 0. The van der Waals surface area contributed by atoms with Crippen LogP contribution in [0.5, 0.6) is 0 Å². The van der Waals surface area contributed by atoms with Crippen molar-refractivity contribution >= 4 is 38.4 Å². The van der Waals surface area contributed by atoms with E-state index in [1.54, 1.807) is 24.4 Å². The molecule has 0 saturated heterocycles. The van der Waals surface area contributed by atoms with E-state index < -0.39 is 10.0 Å². The Kier molecular flexibility index (Phi) is 6.31. The number of hydrazone groups is 1. The summed E-state index contributed by atoms with van der Waals surface area (Å²) in [5.41, 5.74) is 6.45. The predicted molar refractivity (Wildman–Crippen MR) is 120 cm³/mol. The van der Waals surface area contributed by atoms with Crippen molar-refractivity contribution in [3.05, 3.63) is 59.5 Å². The minimum Gasteiger partial charge on any atom is -0.378 e. The number of sulfonamides is 1. The molecule has 0 atom stereocenters. The summed E-state index contributed by atoms with van der Waals surface area (Å²) in [4.78, 5) is 6.77. The lowest BCUT2D eigenvalue weighted by molar-refractivity contribution is 0.521. The second kappa shape index (κ2) is 8.73. The first-order valence-corrected chi connectivity index (χ1v) is 11.1. The molecule has 0 bridgehead atoms. The first-order valence-electron chi connectivity index (χ1n) is 8.82. The van der Waals surface area contributed by atoms with E-state index in [0.29, 0.717) is 10.8 Å². The quantitative estimate of drug-likeness (QED) is 0.459. The minimum absolute atomic E-state index is 0.238. The number of anilines is 2. The number of hydrogen-bond donors (Lipinski definition) is 1. The first kappa shape index (κ1) is 21.0. The molecule has 0 fully saturated rings. The minimum atomic E-state index is -3.49. The molecule has 0 aliphatic heterocycles. The van der Waals surface area contributed by atoms with Crippen molar-refractivity contribution in [2.75, 3.05) is 38.5 Å². The Morgan fingerprint density at radius 1 is 1.07 bits per heavy atom. The van der Waals surface area contributed by atoms with Crippen molar-refractivity contribution in [1.82, 2.24) is 9.29 Å². The number of nitrogens with one attached hydrogen (secondary N) is 1. The van der Waals surface area contributed by atoms with E-state index in [0.717, 1.165) is 16.8 Å². The fourth-order valence-electron chi connectivity index (χ4n) is 2.50. The molecule has 0 aliphatic rings. The third kappa shape index (κ3) is 5.00. The summed E-state index contributed by atoms with van der Waals surface area (Å²) >= 11 is 1.40. The van der Waals surface area contributed by atoms with Gasteiger partial charge in [0.2, 0.25) is 15.2 Å². The predicted octanol–water partition coefficient (Wildman–Crippen LogP) is 3.57. The van der Waals surface area contributed by atoms with Crippen molar-refractivity contribution in [3.63, 3.8) is 0 Å². The van der Waals surface area contributed by atoms with Gasteiger partial charge in [0.15, 0.2) is 0 Å². The van der Waals surface area contributed by atoms with E-state index in [1.807, 2.05) is 54.7 Å². The average Bonchev–Trinajstić information content (AvgIpc) is 3.17. The normalized spacial score (nSPS) is 11.9. The van der Waals surface area contributed by atoms with E-state index in [2.05, 4.69) is 15.5 Å². The van der Waals surface area contributed by atoms with E-state index in [1.165, 1.54) is 29.7 Å². The molecule has 1 aromatic heterocycles. The van der Waals surface area contributed by atoms with Gasteiger partial charge in [-0.25, -0.2) is 17.7 Å². The maximum Gasteiger partial charge on any atom is 0.242 e. The molecule has 7 nitrogen and oxygen atoms in total. The second-order valence-corrected chi connectivity index (χ2v) is 9.72. The molecule has 0 unspecified atom stereocenters. The molecule has 2 aromatic carbocycles. The molecule has 152 valence electrons. The van der Waals surface area contributed by atoms with Crippen molar-refractivity contribution in [3.8, 4) is 11.3 Å². The highest BCUT2D eigenvalue weighted by molar-refractivity contribution is 7.89. The third-order valence-corrected chi connectivity index (χ3v) is 6.75. The summed E-state index contributed by atoms with van der Waals surface area (Å²) in [7, 11) is 3.53. The Morgan fingerprint density at radius 2 is 1.79 bits per heavy atom. The molecule has 0 radical (unpaired) electrons. The SMILES string of the molecule is CN(C)c1ccc(/C=N/Nc2nc(-c3cccc(S(=O)(=O)N(C)C)c3)cs2)cc1. The smallest absolute Gasteiger partial charge is 0.242 e. The number of thiazole rings is 1. The highest BCUT2D eigenvalue weighted by Gasteiger charge is 2.18. The highest BCUT2D eigenvalue weighted by atomic mass is 32.2. The van der Waals surface area contributed by atoms with E-state index in [9.17, 15) is 8.42 Å². The van der Waals surface area contributed by atoms with Crippen molar-refractivity contribution < 1.29 is 8.42 Å². The van der Waals surface area contributed by atoms with Crippen LogP contribution in [0.3, 0.4) is 0 Å². The van der Waals surface area contributed by atoms with Gasteiger partial charge in [-0.05, 0) is 29.8 Å². The van der Waals surface area contributed by atoms with Crippen LogP contribution in [-0.4, -0.2) is 52.1 Å². The van der Waals surface area contributed by atoms with Crippen LogP contribution in [-0.2, 0) is 10.0 Å². The maximum absolute atomic E-state index is 12.3. The van der Waals surface area contributed by atoms with Crippen LogP contribution in [0.15, 0.2) is 63.9 Å². The molecule has 0 saturated carbocycles. The zero-order valence-corrected chi connectivity index (χ0v) is 18.3. The van der Waals surface area contributed by atoms with Gasteiger partial charge in [-0.15, -0.1) is 11.3 Å². The van der Waals surface area contributed by atoms with Crippen LogP contribution >= 0.6 is 11.3 Å². The lowest BCUT2D eigenvalue weighted by Gasteiger charge is -2.11. The first-order chi connectivity index (χ1) is 13.8. The standard InChI is InChI=1S/C20H23N5O2S2/c1-24(2)17-10-8-15(9-11-17)13-21-23-20-22-19(14-28-20)16-6-5-7-18(12-16)29(26,27)25(3)4/h5-14H,1-4H3,(H,22,23)/b21-13+. The lowest BCUT2D eigenvalue weighted by Crippen LogP contribution is -2.22. The van der Waals surface area contributed by atoms with Crippen molar-refractivity contribution in [2.45, 2.75) is 4.90 Å². The Labute approximate surface area is 175 Å². The molecule has 29 heavy (non-hydrogen) atoms. The highest BCUT2D eigenvalue weighted by Crippen LogP contribution is 2.27. The number of nitrogens with zero attached hydrogens (tertiary/aromatic N) is 4. The molecule has 3 rings (SSSR count). The summed E-state index contributed by atoms with van der Waals surface area (Å²) in [5, 5.41) is 6.72. The monoisotopic (exact) mass is 429 g/mol. The van der Waals surface area contributed by atoms with Crippen LogP contribution in [0.25, 0.3) is 11.3 Å². The fourth-order valence-corrected chi connectivity index (χ4v) is 4.12. The molecule has 3 aromatic rings. The van der Waals surface area contributed by atoms with E-state index in [4.69, 9.17) is 0 Å². The van der Waals surface area contributed by atoms with E-state index >= 15 is 0 Å². The van der Waals surface area contributed by atoms with Gasteiger partial charge in [0.25, 0.3) is 0 Å². The van der Waals surface area contributed by atoms with Crippen LogP contribution in [0.4, 0.5) is 10.8 Å². The Bertz CT molecular complexity index is 1100. The average molecular weight is 430 g/mol. The molecule has 0 amide bonds. The van der Waals surface area contributed by atoms with Gasteiger partial charge >= 0.3 is 0 Å². The summed E-state index contributed by atoms with van der Waals surface area (Å²) in [5.74, 6) is 0. The largest absolute Gasteiger partial charge is 0.378 e. The van der Waals surface area contributed by atoms with Gasteiger partial charge in [-0.2, -0.15) is 5.10 Å². The molecule has 1 heterocycles. The van der Waals surface area contributed by atoms with Crippen LogP contribution < -0.4 is 10.3 Å². The zero-order valence-electron chi connectivity index (χ0n) is 16.7. The van der Waals surface area contributed by atoms with Crippen molar-refractivity contribution in [2.24, 2.45) is 5.10 Å². The van der Waals surface area contributed by atoms with Crippen molar-refractivity contribution in [1.29, 1.82) is 0 Å². The Hall–Kier alpha value is -2.75. The molecular weight excluding hydrogens is 406 g/mol. The molecule has 9 heteroatoms. The van der Waals surface area contributed by atoms with Gasteiger partial charge < -0.3 is 4.90 Å². The number of benzene rings is 2. The summed E-state index contributed by atoms with van der Waals surface area (Å²) < 4.78 is 25.9. The molecule has 0 spiro atoms. The van der Waals surface area contributed by atoms with Gasteiger partial charge in [0.05, 0.1) is 16.8 Å². The topological polar surface area (TPSA) is 77.9 Å². The van der Waals surface area contributed by atoms with Crippen LogP contribution in [0, 0.1) is 0 Å². The van der Waals surface area contributed by atoms with Crippen LogP contribution in [0.1, 0.15) is 5.56 Å². The summed E-state index contributed by atoms with van der Waals surface area (Å²) in [6, 6.07) is 14.8. The Morgan fingerprint density at radius 3 is 2.45 bits per heavy atom. The molecule has 0 aliphatic carbocycles. The van der Waals surface area contributed by atoms with Gasteiger partial charge in [-0.1, -0.05) is 24.3 Å². The number of hydrogen-bond acceptors (Lipinski definition) is 7. The second-order valence-electron chi connectivity index (χ2n) is 6.71. The molecular formula is C20H23N5O2S2. The van der Waals surface area contributed by atoms with Crippen LogP contribution in [0.2, 0.25) is 0 Å². The van der Waals surface area contributed by atoms with E-state index in [-0.39, 0.29) is 4.90 Å². The maximum atomic E-state index is 12.3. The zero-order chi connectivity index (χ0) is 21.0. The molecule has 1 N–H and O–H groups in total. The fraction of sp³-hybridized carbons (Fsp3) is 0.200.